The molecule has 2 fully saturated rings. The van der Waals surface area contributed by atoms with Gasteiger partial charge >= 0.3 is 6.03 Å². The van der Waals surface area contributed by atoms with Crippen molar-refractivity contribution < 1.29 is 47.2 Å². The van der Waals surface area contributed by atoms with Gasteiger partial charge < -0.3 is 54.1 Å². The summed E-state index contributed by atoms with van der Waals surface area (Å²) in [6.07, 6.45) is 11.3. The first-order chi connectivity index (χ1) is 27.8. The molecule has 310 valence electrons. The van der Waals surface area contributed by atoms with Crippen molar-refractivity contribution in [2.24, 2.45) is 0 Å². The highest BCUT2D eigenvalue weighted by Gasteiger charge is 2.42. The smallest absolute Gasteiger partial charge is 0.315 e. The third kappa shape index (κ3) is 10.5. The number of rotatable bonds is 23. The molecule has 3 aromatic rings. The molecule has 0 unspecified atom stereocenters. The number of fused-ring (bicyclic) bond motifs is 3. The van der Waals surface area contributed by atoms with E-state index in [-0.39, 0.29) is 47.7 Å². The highest BCUT2D eigenvalue weighted by molar-refractivity contribution is 8.00. The van der Waals surface area contributed by atoms with E-state index in [0.717, 1.165) is 70.0 Å². The van der Waals surface area contributed by atoms with E-state index in [2.05, 4.69) is 21.3 Å². The molecule has 0 spiro atoms. The van der Waals surface area contributed by atoms with E-state index in [1.807, 2.05) is 11.8 Å². The molecule has 0 bridgehead atoms. The molecule has 2 aromatic carbocycles. The van der Waals surface area contributed by atoms with Crippen LogP contribution in [0, 0.1) is 0 Å². The van der Waals surface area contributed by atoms with Gasteiger partial charge in [-0.05, 0) is 57.1 Å². The molecule has 4 N–H and O–H groups in total. The minimum atomic E-state index is -0.296. The maximum absolute atomic E-state index is 13.7. The second-order valence-corrected chi connectivity index (χ2v) is 15.6. The monoisotopic (exact) mass is 810 g/mol. The SMILES string of the molecule is COc1cc2c(=O)c(-c3cc(OC)c4c(c3OC)OCO4)coc2cc1OCCCCCC(=O)NCCCCCCNC(=O)CCCC[C@@H]1SC[C@@H]2NC(=O)N[C@@H]21. The van der Waals surface area contributed by atoms with Gasteiger partial charge in [0.05, 0.1) is 51.0 Å². The largest absolute Gasteiger partial charge is 0.493 e. The second kappa shape index (κ2) is 20.4. The summed E-state index contributed by atoms with van der Waals surface area (Å²) in [5.74, 6) is 3.44. The Hall–Kier alpha value is -4.99. The fourth-order valence-electron chi connectivity index (χ4n) is 7.42. The van der Waals surface area contributed by atoms with Crippen LogP contribution in [0.1, 0.15) is 77.0 Å². The molecule has 4 amide bonds. The lowest BCUT2D eigenvalue weighted by molar-refractivity contribution is -0.122. The molecule has 0 radical (unpaired) electrons. The molecule has 3 aliphatic heterocycles. The lowest BCUT2D eigenvalue weighted by Gasteiger charge is -2.16. The number of carbonyl (C=O) groups is 3. The van der Waals surface area contributed by atoms with Gasteiger partial charge in [0, 0.05) is 48.6 Å². The zero-order chi connectivity index (χ0) is 40.1. The maximum atomic E-state index is 13.7. The average Bonchev–Trinajstić information content (AvgIpc) is 3.95. The van der Waals surface area contributed by atoms with Crippen molar-refractivity contribution in [3.8, 4) is 45.6 Å². The number of thioether (sulfide) groups is 1. The van der Waals surface area contributed by atoms with Crippen molar-refractivity contribution in [1.82, 2.24) is 21.3 Å². The summed E-state index contributed by atoms with van der Waals surface area (Å²) in [7, 11) is 4.50. The van der Waals surface area contributed by atoms with Crippen molar-refractivity contribution in [1.29, 1.82) is 0 Å². The molecule has 0 aliphatic carbocycles. The van der Waals surface area contributed by atoms with Crippen LogP contribution in [-0.2, 0) is 9.59 Å². The average molecular weight is 811 g/mol. The summed E-state index contributed by atoms with van der Waals surface area (Å²) in [4.78, 5) is 49.8. The first kappa shape index (κ1) is 41.6. The quantitative estimate of drug-likeness (QED) is 0.0681. The Bertz CT molecular complexity index is 1940. The van der Waals surface area contributed by atoms with Crippen molar-refractivity contribution >= 4 is 40.6 Å². The Morgan fingerprint density at radius 3 is 2.19 bits per heavy atom. The van der Waals surface area contributed by atoms with Crippen LogP contribution in [0.5, 0.6) is 34.5 Å². The van der Waals surface area contributed by atoms with Crippen molar-refractivity contribution in [2.45, 2.75) is 94.4 Å². The van der Waals surface area contributed by atoms with Gasteiger partial charge in [-0.15, -0.1) is 0 Å². The first-order valence-corrected chi connectivity index (χ1v) is 20.9. The van der Waals surface area contributed by atoms with Gasteiger partial charge in [-0.2, -0.15) is 11.8 Å². The number of carbonyl (C=O) groups excluding carboxylic acids is 3. The van der Waals surface area contributed by atoms with Crippen LogP contribution in [-0.4, -0.2) is 88.8 Å². The summed E-state index contributed by atoms with van der Waals surface area (Å²) < 4.78 is 39.7. The Morgan fingerprint density at radius 2 is 1.47 bits per heavy atom. The lowest BCUT2D eigenvalue weighted by Crippen LogP contribution is -2.36. The van der Waals surface area contributed by atoms with Gasteiger partial charge in [0.2, 0.25) is 35.5 Å². The van der Waals surface area contributed by atoms with Crippen LogP contribution >= 0.6 is 11.8 Å². The molecule has 1 aromatic heterocycles. The summed E-state index contributed by atoms with van der Waals surface area (Å²) >= 11 is 1.91. The fourth-order valence-corrected chi connectivity index (χ4v) is 8.96. The van der Waals surface area contributed by atoms with Gasteiger partial charge in [-0.3, -0.25) is 14.4 Å². The van der Waals surface area contributed by atoms with E-state index in [9.17, 15) is 19.2 Å². The number of ether oxygens (including phenoxy) is 6. The Morgan fingerprint density at radius 1 is 0.772 bits per heavy atom. The van der Waals surface area contributed by atoms with Crippen LogP contribution in [0.3, 0.4) is 0 Å². The molecule has 0 saturated carbocycles. The maximum Gasteiger partial charge on any atom is 0.315 e. The summed E-state index contributed by atoms with van der Waals surface area (Å²) in [5, 5.41) is 12.7. The molecule has 15 nitrogen and oxygen atoms in total. The van der Waals surface area contributed by atoms with Crippen molar-refractivity contribution in [3.63, 3.8) is 0 Å². The van der Waals surface area contributed by atoms with Crippen LogP contribution in [0.2, 0.25) is 0 Å². The summed E-state index contributed by atoms with van der Waals surface area (Å²) in [6, 6.07) is 5.30. The Balaban J connectivity index is 0.817. The molecule has 16 heteroatoms. The number of hydrogen-bond acceptors (Lipinski definition) is 12. The molecule has 3 atom stereocenters. The molecular formula is C41H54N4O11S. The number of hydrogen-bond donors (Lipinski definition) is 4. The van der Waals surface area contributed by atoms with Gasteiger partial charge in [-0.1, -0.05) is 19.3 Å². The highest BCUT2D eigenvalue weighted by Crippen LogP contribution is 2.52. The van der Waals surface area contributed by atoms with E-state index in [1.165, 1.54) is 27.6 Å². The minimum Gasteiger partial charge on any atom is -0.493 e. The van der Waals surface area contributed by atoms with E-state index < -0.39 is 0 Å². The minimum absolute atomic E-state index is 0.00634. The highest BCUT2D eigenvalue weighted by atomic mass is 32.2. The lowest BCUT2D eigenvalue weighted by atomic mass is 10.0. The molecule has 6 rings (SSSR count). The van der Waals surface area contributed by atoms with Crippen LogP contribution in [0.4, 0.5) is 4.79 Å². The third-order valence-electron chi connectivity index (χ3n) is 10.5. The molecule has 2 saturated heterocycles. The van der Waals surface area contributed by atoms with Crippen LogP contribution in [0.15, 0.2) is 33.7 Å². The number of unbranched alkanes of at least 4 members (excludes halogenated alkanes) is 6. The predicted molar refractivity (Wildman–Crippen MR) is 216 cm³/mol. The van der Waals surface area contributed by atoms with Crippen molar-refractivity contribution in [3.05, 3.63) is 34.7 Å². The number of nitrogens with one attached hydrogen (secondary N) is 4. The molecule has 4 heterocycles. The number of methoxy groups -OCH3 is 3. The summed E-state index contributed by atoms with van der Waals surface area (Å²) in [6.45, 7) is 1.73. The first-order valence-electron chi connectivity index (χ1n) is 19.8. The van der Waals surface area contributed by atoms with E-state index >= 15 is 0 Å². The number of urea groups is 1. The molecular weight excluding hydrogens is 757 g/mol. The van der Waals surface area contributed by atoms with Gasteiger partial charge in [0.25, 0.3) is 0 Å². The second-order valence-electron chi connectivity index (χ2n) is 14.3. The van der Waals surface area contributed by atoms with Gasteiger partial charge in [-0.25, -0.2) is 4.79 Å². The van der Waals surface area contributed by atoms with E-state index in [4.69, 9.17) is 32.8 Å². The summed E-state index contributed by atoms with van der Waals surface area (Å²) in [5.41, 5.74) is 0.734. The standard InChI is InChI=1S/C41H54N4O11S/c1-50-30-20-26-29(54-22-27(37(26)48)25-19-32(51-2)39-40(38(25)52-3)56-24-55-39)21-31(30)53-18-12-6-7-14-34(46)42-16-10-4-5-11-17-43-35(47)15-9-8-13-33-36-28(23-57-33)44-41(49)45-36/h19-22,28,33,36H,4-18,23-24H2,1-3H3,(H,42,46)(H,43,47)(H2,44,45,49)/t28-,33-,36-/m0/s1. The van der Waals surface area contributed by atoms with Crippen molar-refractivity contribution in [2.75, 3.05) is 53.6 Å². The molecule has 57 heavy (non-hydrogen) atoms. The van der Waals surface area contributed by atoms with Gasteiger partial charge in [0.15, 0.2) is 23.0 Å². The third-order valence-corrected chi connectivity index (χ3v) is 12.0. The normalized spacial score (nSPS) is 17.8. The van der Waals surface area contributed by atoms with E-state index in [1.54, 1.807) is 18.2 Å². The number of benzene rings is 2. The predicted octanol–water partition coefficient (Wildman–Crippen LogP) is 5.67. The zero-order valence-electron chi connectivity index (χ0n) is 33.0. The molecule has 3 aliphatic rings. The topological polar surface area (TPSA) is 185 Å². The van der Waals surface area contributed by atoms with Gasteiger partial charge in [0.1, 0.15) is 11.8 Å². The Kier molecular flexibility index (Phi) is 14.9. The fraction of sp³-hybridized carbons (Fsp3) is 0.561. The zero-order valence-corrected chi connectivity index (χ0v) is 33.8. The van der Waals surface area contributed by atoms with Crippen LogP contribution < -0.4 is 55.1 Å². The Labute approximate surface area is 336 Å². The van der Waals surface area contributed by atoms with Crippen LogP contribution in [0.25, 0.3) is 22.1 Å². The number of amides is 4. The van der Waals surface area contributed by atoms with E-state index in [0.29, 0.717) is 88.8 Å².